The fraction of sp³-hybridized carbons (Fsp3) is 0.462. The van der Waals surface area contributed by atoms with Crippen molar-refractivity contribution in [1.82, 2.24) is 0 Å². The third-order valence-electron chi connectivity index (χ3n) is 3.62. The summed E-state index contributed by atoms with van der Waals surface area (Å²) < 4.78 is 37.3. The molecule has 1 aromatic carbocycles. The van der Waals surface area contributed by atoms with E-state index in [1.165, 1.54) is 12.1 Å². The molecule has 0 atom stereocenters. The van der Waals surface area contributed by atoms with Crippen molar-refractivity contribution in [2.45, 2.75) is 37.3 Å². The van der Waals surface area contributed by atoms with E-state index in [2.05, 4.69) is 0 Å². The third-order valence-corrected chi connectivity index (χ3v) is 3.62. The van der Waals surface area contributed by atoms with Crippen molar-refractivity contribution in [2.75, 3.05) is 0 Å². The largest absolute Gasteiger partial charge is 0.481 e. The summed E-state index contributed by atoms with van der Waals surface area (Å²) in [7, 11) is 0. The molecule has 0 bridgehead atoms. The Labute approximate surface area is 102 Å². The van der Waals surface area contributed by atoms with E-state index >= 15 is 0 Å². The number of rotatable bonds is 3. The SMILES string of the molecule is O=C(O)CC1(c2ccc(C(F)(F)F)cc2)CCC1. The predicted octanol–water partition coefficient (Wildman–Crippen LogP) is 3.60. The van der Waals surface area contributed by atoms with Crippen LogP contribution in [-0.4, -0.2) is 11.1 Å². The highest BCUT2D eigenvalue weighted by molar-refractivity contribution is 5.69. The van der Waals surface area contributed by atoms with E-state index < -0.39 is 23.1 Å². The van der Waals surface area contributed by atoms with Gasteiger partial charge in [-0.05, 0) is 30.5 Å². The fourth-order valence-corrected chi connectivity index (χ4v) is 2.47. The molecular weight excluding hydrogens is 245 g/mol. The molecular formula is C13H13F3O2. The maximum absolute atomic E-state index is 12.4. The second-order valence-corrected chi connectivity index (χ2v) is 4.78. The molecule has 2 rings (SSSR count). The number of benzene rings is 1. The van der Waals surface area contributed by atoms with Crippen LogP contribution in [0.1, 0.15) is 36.8 Å². The maximum Gasteiger partial charge on any atom is 0.416 e. The Morgan fingerprint density at radius 3 is 2.11 bits per heavy atom. The average molecular weight is 258 g/mol. The van der Waals surface area contributed by atoms with E-state index in [1.807, 2.05) is 0 Å². The zero-order valence-corrected chi connectivity index (χ0v) is 9.63. The molecule has 0 radical (unpaired) electrons. The number of hydrogen-bond donors (Lipinski definition) is 1. The standard InChI is InChI=1S/C13H13F3O2/c14-13(15,16)10-4-2-9(3-5-10)12(6-1-7-12)8-11(17)18/h2-5H,1,6-8H2,(H,17,18). The first kappa shape index (κ1) is 12.9. The van der Waals surface area contributed by atoms with Gasteiger partial charge < -0.3 is 5.11 Å². The van der Waals surface area contributed by atoms with Crippen molar-refractivity contribution >= 4 is 5.97 Å². The molecule has 0 unspecified atom stereocenters. The molecule has 1 aliphatic rings. The molecule has 2 nitrogen and oxygen atoms in total. The number of carboxylic acid groups (broad SMARTS) is 1. The van der Waals surface area contributed by atoms with Gasteiger partial charge in [0.2, 0.25) is 0 Å². The number of carbonyl (C=O) groups is 1. The molecule has 5 heteroatoms. The smallest absolute Gasteiger partial charge is 0.416 e. The summed E-state index contributed by atoms with van der Waals surface area (Å²) in [6.07, 6.45) is -1.99. The minimum absolute atomic E-state index is 0.0155. The number of hydrogen-bond acceptors (Lipinski definition) is 1. The van der Waals surface area contributed by atoms with Crippen LogP contribution in [0.2, 0.25) is 0 Å². The van der Waals surface area contributed by atoms with Gasteiger partial charge in [-0.3, -0.25) is 4.79 Å². The minimum atomic E-state index is -4.35. The van der Waals surface area contributed by atoms with Crippen molar-refractivity contribution < 1.29 is 23.1 Å². The van der Waals surface area contributed by atoms with E-state index in [1.54, 1.807) is 0 Å². The third kappa shape index (κ3) is 2.35. The van der Waals surface area contributed by atoms with E-state index in [4.69, 9.17) is 5.11 Å². The van der Waals surface area contributed by atoms with Crippen LogP contribution in [0.3, 0.4) is 0 Å². The highest BCUT2D eigenvalue weighted by Gasteiger charge is 2.41. The fourth-order valence-electron chi connectivity index (χ4n) is 2.47. The minimum Gasteiger partial charge on any atom is -0.481 e. The lowest BCUT2D eigenvalue weighted by atomic mass is 9.62. The summed E-state index contributed by atoms with van der Waals surface area (Å²) >= 11 is 0. The van der Waals surface area contributed by atoms with Crippen LogP contribution in [0, 0.1) is 0 Å². The molecule has 0 amide bonds. The van der Waals surface area contributed by atoms with Crippen LogP contribution in [0.4, 0.5) is 13.2 Å². The summed E-state index contributed by atoms with van der Waals surface area (Å²) in [5, 5.41) is 8.88. The molecule has 0 saturated heterocycles. The van der Waals surface area contributed by atoms with E-state index in [0.717, 1.165) is 31.4 Å². The van der Waals surface area contributed by atoms with Gasteiger partial charge in [-0.1, -0.05) is 18.6 Å². The normalized spacial score (nSPS) is 18.2. The van der Waals surface area contributed by atoms with Gasteiger partial charge in [0, 0.05) is 5.41 Å². The van der Waals surface area contributed by atoms with Crippen molar-refractivity contribution in [3.63, 3.8) is 0 Å². The van der Waals surface area contributed by atoms with Gasteiger partial charge in [0.05, 0.1) is 12.0 Å². The Balaban J connectivity index is 2.25. The lowest BCUT2D eigenvalue weighted by Gasteiger charge is -2.41. The number of alkyl halides is 3. The van der Waals surface area contributed by atoms with Gasteiger partial charge in [0.1, 0.15) is 0 Å². The summed E-state index contributed by atoms with van der Waals surface area (Å²) in [6.45, 7) is 0. The van der Waals surface area contributed by atoms with Crippen molar-refractivity contribution in [3.05, 3.63) is 35.4 Å². The zero-order chi connectivity index (χ0) is 13.4. The van der Waals surface area contributed by atoms with E-state index in [-0.39, 0.29) is 6.42 Å². The zero-order valence-electron chi connectivity index (χ0n) is 9.63. The Kier molecular flexibility index (Phi) is 3.09. The summed E-state index contributed by atoms with van der Waals surface area (Å²) in [5.74, 6) is -0.908. The molecule has 1 fully saturated rings. The second-order valence-electron chi connectivity index (χ2n) is 4.78. The summed E-state index contributed by atoms with van der Waals surface area (Å²) in [6, 6.07) is 4.87. The van der Waals surface area contributed by atoms with E-state index in [9.17, 15) is 18.0 Å². The lowest BCUT2D eigenvalue weighted by molar-refractivity contribution is -0.140. The average Bonchev–Trinajstić information content (AvgIpc) is 2.22. The maximum atomic E-state index is 12.4. The Morgan fingerprint density at radius 2 is 1.78 bits per heavy atom. The van der Waals surface area contributed by atoms with Gasteiger partial charge >= 0.3 is 12.1 Å². The van der Waals surface area contributed by atoms with Crippen LogP contribution in [0.15, 0.2) is 24.3 Å². The monoisotopic (exact) mass is 258 g/mol. The molecule has 0 aromatic heterocycles. The van der Waals surface area contributed by atoms with Gasteiger partial charge in [0.15, 0.2) is 0 Å². The van der Waals surface area contributed by atoms with Crippen molar-refractivity contribution in [1.29, 1.82) is 0 Å². The Hall–Kier alpha value is -1.52. The van der Waals surface area contributed by atoms with Crippen LogP contribution in [0.5, 0.6) is 0 Å². The molecule has 1 N–H and O–H groups in total. The van der Waals surface area contributed by atoms with Gasteiger partial charge in [-0.25, -0.2) is 0 Å². The molecule has 0 heterocycles. The molecule has 0 spiro atoms. The molecule has 0 aliphatic heterocycles. The first-order valence-corrected chi connectivity index (χ1v) is 5.73. The first-order chi connectivity index (χ1) is 8.33. The van der Waals surface area contributed by atoms with Gasteiger partial charge in [-0.15, -0.1) is 0 Å². The quantitative estimate of drug-likeness (QED) is 0.899. The highest BCUT2D eigenvalue weighted by atomic mass is 19.4. The number of aliphatic carboxylic acids is 1. The van der Waals surface area contributed by atoms with Gasteiger partial charge in [-0.2, -0.15) is 13.2 Å². The van der Waals surface area contributed by atoms with Crippen LogP contribution in [0.25, 0.3) is 0 Å². The highest BCUT2D eigenvalue weighted by Crippen LogP contribution is 2.46. The Bertz CT molecular complexity index is 444. The number of carboxylic acids is 1. The lowest BCUT2D eigenvalue weighted by Crippen LogP contribution is -2.36. The van der Waals surface area contributed by atoms with Crippen LogP contribution in [-0.2, 0) is 16.4 Å². The summed E-state index contributed by atoms with van der Waals surface area (Å²) in [5.41, 5.74) is -0.462. The Morgan fingerprint density at radius 1 is 1.22 bits per heavy atom. The van der Waals surface area contributed by atoms with Crippen molar-refractivity contribution in [3.8, 4) is 0 Å². The van der Waals surface area contributed by atoms with Crippen LogP contribution < -0.4 is 0 Å². The topological polar surface area (TPSA) is 37.3 Å². The molecule has 98 valence electrons. The van der Waals surface area contributed by atoms with E-state index in [0.29, 0.717) is 5.56 Å². The first-order valence-electron chi connectivity index (χ1n) is 5.73. The van der Waals surface area contributed by atoms with Crippen molar-refractivity contribution in [2.24, 2.45) is 0 Å². The van der Waals surface area contributed by atoms with Gasteiger partial charge in [0.25, 0.3) is 0 Å². The second kappa shape index (κ2) is 4.30. The molecule has 18 heavy (non-hydrogen) atoms. The summed E-state index contributed by atoms with van der Waals surface area (Å²) in [4.78, 5) is 10.8. The molecule has 1 aromatic rings. The predicted molar refractivity (Wildman–Crippen MR) is 59.2 cm³/mol. The van der Waals surface area contributed by atoms with Crippen LogP contribution >= 0.6 is 0 Å². The molecule has 1 saturated carbocycles. The molecule has 1 aliphatic carbocycles. The number of halogens is 3.